The number of hydrogen-bond donors (Lipinski definition) is 0. The molecule has 3 nitrogen and oxygen atoms in total. The van der Waals surface area contributed by atoms with Crippen LogP contribution in [0.5, 0.6) is 0 Å². The second-order valence-corrected chi connectivity index (χ2v) is 7.03. The van der Waals surface area contributed by atoms with Crippen LogP contribution in [0.25, 0.3) is 0 Å². The molecule has 0 spiro atoms. The van der Waals surface area contributed by atoms with Crippen molar-refractivity contribution in [1.82, 2.24) is 9.80 Å². The fourth-order valence-electron chi connectivity index (χ4n) is 2.21. The van der Waals surface area contributed by atoms with E-state index in [-0.39, 0.29) is 5.78 Å². The highest BCUT2D eigenvalue weighted by atomic mass is 35.5. The van der Waals surface area contributed by atoms with Crippen LogP contribution < -0.4 is 0 Å². The van der Waals surface area contributed by atoms with Gasteiger partial charge in [-0.25, -0.2) is 0 Å². The van der Waals surface area contributed by atoms with E-state index in [1.54, 1.807) is 6.07 Å². The second kappa shape index (κ2) is 5.88. The second-order valence-electron chi connectivity index (χ2n) is 4.74. The third kappa shape index (κ3) is 3.25. The number of rotatable bonds is 3. The van der Waals surface area contributed by atoms with Gasteiger partial charge in [-0.1, -0.05) is 23.2 Å². The molecule has 0 saturated carbocycles. The molecule has 18 heavy (non-hydrogen) atoms. The minimum absolute atomic E-state index is 0.0551. The Balaban J connectivity index is 2.01. The van der Waals surface area contributed by atoms with Crippen molar-refractivity contribution in [2.24, 2.45) is 0 Å². The van der Waals surface area contributed by atoms with E-state index in [1.807, 2.05) is 0 Å². The third-order valence-electron chi connectivity index (χ3n) is 3.27. The van der Waals surface area contributed by atoms with Gasteiger partial charge in [-0.3, -0.25) is 9.69 Å². The largest absolute Gasteiger partial charge is 0.304 e. The first-order valence-electron chi connectivity index (χ1n) is 5.88. The smallest absolute Gasteiger partial charge is 0.179 e. The highest BCUT2D eigenvalue weighted by Crippen LogP contribution is 2.31. The molecule has 0 N–H and O–H groups in total. The third-order valence-corrected chi connectivity index (χ3v) is 4.76. The minimum atomic E-state index is 0.0551. The van der Waals surface area contributed by atoms with Crippen molar-refractivity contribution in [3.63, 3.8) is 0 Å². The minimum Gasteiger partial charge on any atom is -0.304 e. The van der Waals surface area contributed by atoms with Crippen LogP contribution in [0, 0.1) is 0 Å². The maximum Gasteiger partial charge on any atom is 0.179 e. The molecule has 1 aliphatic heterocycles. The quantitative estimate of drug-likeness (QED) is 0.802. The molecule has 1 unspecified atom stereocenters. The molecule has 1 aromatic rings. The number of carbonyl (C=O) groups is 1. The van der Waals surface area contributed by atoms with Crippen molar-refractivity contribution in [1.29, 1.82) is 0 Å². The molecule has 1 aromatic heterocycles. The average Bonchev–Trinajstić information content (AvgIpc) is 2.62. The number of halogens is 2. The van der Waals surface area contributed by atoms with Crippen LogP contribution in [0.15, 0.2) is 6.07 Å². The van der Waals surface area contributed by atoms with Gasteiger partial charge in [0.15, 0.2) is 5.78 Å². The molecule has 0 aromatic carbocycles. The van der Waals surface area contributed by atoms with Crippen LogP contribution in [-0.4, -0.2) is 54.9 Å². The zero-order valence-corrected chi connectivity index (χ0v) is 12.8. The normalized spacial score (nSPS) is 22.3. The van der Waals surface area contributed by atoms with Gasteiger partial charge in [-0.2, -0.15) is 0 Å². The Morgan fingerprint density at radius 2 is 2.22 bits per heavy atom. The van der Waals surface area contributed by atoms with Crippen molar-refractivity contribution in [3.05, 3.63) is 20.3 Å². The maximum absolute atomic E-state index is 12.2. The molecular formula is C12H16Cl2N2OS. The van der Waals surface area contributed by atoms with Crippen LogP contribution in [-0.2, 0) is 0 Å². The summed E-state index contributed by atoms with van der Waals surface area (Å²) in [5.74, 6) is 0.0551. The van der Waals surface area contributed by atoms with Crippen molar-refractivity contribution in [2.45, 2.75) is 13.0 Å². The number of nitrogens with zero attached hydrogens (tertiary/aromatic N) is 2. The summed E-state index contributed by atoms with van der Waals surface area (Å²) in [6, 6.07) is 2.05. The number of carbonyl (C=O) groups excluding carboxylic acids is 1. The summed E-state index contributed by atoms with van der Waals surface area (Å²) >= 11 is 13.1. The van der Waals surface area contributed by atoms with Gasteiger partial charge in [0.2, 0.25) is 0 Å². The molecule has 0 radical (unpaired) electrons. The molecule has 2 heterocycles. The highest BCUT2D eigenvalue weighted by molar-refractivity contribution is 7.20. The summed E-state index contributed by atoms with van der Waals surface area (Å²) in [5, 5.41) is 0. The number of ketones is 1. The SMILES string of the molecule is CC1CN(C)CCN1CC(=O)c1cc(Cl)sc1Cl. The fraction of sp³-hybridized carbons (Fsp3) is 0.583. The Hall–Kier alpha value is -0.130. The Morgan fingerprint density at radius 3 is 2.78 bits per heavy atom. The lowest BCUT2D eigenvalue weighted by atomic mass is 10.1. The average molecular weight is 307 g/mol. The summed E-state index contributed by atoms with van der Waals surface area (Å²) in [4.78, 5) is 16.7. The van der Waals surface area contributed by atoms with Gasteiger partial charge in [0.05, 0.1) is 16.4 Å². The Morgan fingerprint density at radius 1 is 1.50 bits per heavy atom. The molecule has 2 rings (SSSR count). The van der Waals surface area contributed by atoms with Gasteiger partial charge in [0, 0.05) is 25.7 Å². The fourth-order valence-corrected chi connectivity index (χ4v) is 3.71. The van der Waals surface area contributed by atoms with Crippen LogP contribution in [0.3, 0.4) is 0 Å². The topological polar surface area (TPSA) is 23.6 Å². The summed E-state index contributed by atoms with van der Waals surface area (Å²) in [6.45, 7) is 5.47. The van der Waals surface area contributed by atoms with Crippen LogP contribution in [0.1, 0.15) is 17.3 Å². The molecule has 0 aliphatic carbocycles. The van der Waals surface area contributed by atoms with Crippen molar-refractivity contribution in [2.75, 3.05) is 33.2 Å². The summed E-state index contributed by atoms with van der Waals surface area (Å²) in [5.41, 5.74) is 0.554. The van der Waals surface area contributed by atoms with Gasteiger partial charge in [0.25, 0.3) is 0 Å². The molecule has 0 bridgehead atoms. The first-order valence-corrected chi connectivity index (χ1v) is 7.45. The molecule has 6 heteroatoms. The lowest BCUT2D eigenvalue weighted by Gasteiger charge is -2.37. The van der Waals surface area contributed by atoms with Crippen molar-refractivity contribution in [3.8, 4) is 0 Å². The van der Waals surface area contributed by atoms with E-state index in [2.05, 4.69) is 23.8 Å². The number of Topliss-reactive ketones (excluding diaryl/α,β-unsaturated/α-hetero) is 1. The molecular weight excluding hydrogens is 291 g/mol. The van der Waals surface area contributed by atoms with E-state index < -0.39 is 0 Å². The highest BCUT2D eigenvalue weighted by Gasteiger charge is 2.25. The van der Waals surface area contributed by atoms with Crippen molar-refractivity contribution < 1.29 is 4.79 Å². The number of piperazine rings is 1. The predicted octanol–water partition coefficient (Wildman–Crippen LogP) is 2.87. The van der Waals surface area contributed by atoms with Gasteiger partial charge >= 0.3 is 0 Å². The van der Waals surface area contributed by atoms with E-state index in [9.17, 15) is 4.79 Å². The van der Waals surface area contributed by atoms with Crippen LogP contribution in [0.2, 0.25) is 8.67 Å². The predicted molar refractivity (Wildman–Crippen MR) is 77.2 cm³/mol. The van der Waals surface area contributed by atoms with E-state index >= 15 is 0 Å². The molecule has 1 aliphatic rings. The zero-order valence-electron chi connectivity index (χ0n) is 10.4. The molecule has 1 fully saturated rings. The molecule has 0 amide bonds. The number of hydrogen-bond acceptors (Lipinski definition) is 4. The van der Waals surface area contributed by atoms with Crippen LogP contribution >= 0.6 is 34.5 Å². The molecule has 1 saturated heterocycles. The lowest BCUT2D eigenvalue weighted by Crippen LogP contribution is -2.51. The van der Waals surface area contributed by atoms with E-state index in [4.69, 9.17) is 23.2 Å². The maximum atomic E-state index is 12.2. The van der Waals surface area contributed by atoms with Gasteiger partial charge in [-0.05, 0) is 20.0 Å². The number of thiophene rings is 1. The Bertz CT molecular complexity index is 449. The van der Waals surface area contributed by atoms with Crippen LogP contribution in [0.4, 0.5) is 0 Å². The first kappa shape index (κ1) is 14.3. The van der Waals surface area contributed by atoms with Crippen molar-refractivity contribution >= 4 is 40.3 Å². The van der Waals surface area contributed by atoms with E-state index in [1.165, 1.54) is 11.3 Å². The monoisotopic (exact) mass is 306 g/mol. The molecule has 1 atom stereocenters. The van der Waals surface area contributed by atoms with Gasteiger partial charge in [-0.15, -0.1) is 11.3 Å². The standard InChI is InChI=1S/C12H16Cl2N2OS/c1-8-6-15(2)3-4-16(8)7-10(17)9-5-11(13)18-12(9)14/h5,8H,3-4,6-7H2,1-2H3. The van der Waals surface area contributed by atoms with Gasteiger partial charge < -0.3 is 4.90 Å². The van der Waals surface area contributed by atoms with E-state index in [0.29, 0.717) is 26.8 Å². The van der Waals surface area contributed by atoms with E-state index in [0.717, 1.165) is 19.6 Å². The summed E-state index contributed by atoms with van der Waals surface area (Å²) < 4.78 is 1.06. The summed E-state index contributed by atoms with van der Waals surface area (Å²) in [7, 11) is 2.10. The summed E-state index contributed by atoms with van der Waals surface area (Å²) in [6.07, 6.45) is 0. The number of likely N-dealkylation sites (N-methyl/N-ethyl adjacent to an activating group) is 1. The Kier molecular flexibility index (Phi) is 4.67. The van der Waals surface area contributed by atoms with Gasteiger partial charge in [0.1, 0.15) is 4.34 Å². The Labute approximate surface area is 121 Å². The molecule has 100 valence electrons. The zero-order chi connectivity index (χ0) is 13.3. The lowest BCUT2D eigenvalue weighted by molar-refractivity contribution is 0.0748. The first-order chi connectivity index (χ1) is 8.47.